The van der Waals surface area contributed by atoms with Crippen LogP contribution in [0.25, 0.3) is 0 Å². The maximum Gasteiger partial charge on any atom is 0.330 e. The Labute approximate surface area is 89.9 Å². The summed E-state index contributed by atoms with van der Waals surface area (Å²) >= 11 is 0. The molecule has 0 aromatic rings. The number of hydrogen-bond acceptors (Lipinski definition) is 5. The van der Waals surface area contributed by atoms with Crippen LogP contribution in [0.1, 0.15) is 33.6 Å². The Kier molecular flexibility index (Phi) is 7.28. The molecule has 0 aromatic carbocycles. The predicted molar refractivity (Wildman–Crippen MR) is 55.8 cm³/mol. The number of ether oxygens (including phenoxy) is 1. The molecule has 0 aliphatic rings. The molecule has 1 N–H and O–H groups in total. The third-order valence-corrected chi connectivity index (χ3v) is 1.71. The minimum atomic E-state index is -0.557. The van der Waals surface area contributed by atoms with Crippen molar-refractivity contribution in [1.82, 2.24) is 5.43 Å². The van der Waals surface area contributed by atoms with Gasteiger partial charge in [0.05, 0.1) is 6.61 Å². The molecular weight excluding hydrogens is 196 g/mol. The van der Waals surface area contributed by atoms with E-state index in [9.17, 15) is 9.59 Å². The number of rotatable bonds is 7. The zero-order valence-electron chi connectivity index (χ0n) is 9.45. The molecular formula is C10H18N2O3. The summed E-state index contributed by atoms with van der Waals surface area (Å²) in [5.41, 5.74) is 2.44. The molecule has 0 heterocycles. The third kappa shape index (κ3) is 6.69. The molecule has 0 fully saturated rings. The van der Waals surface area contributed by atoms with E-state index in [0.717, 1.165) is 6.42 Å². The lowest BCUT2D eigenvalue weighted by atomic mass is 10.0. The first-order valence-electron chi connectivity index (χ1n) is 5.10. The maximum atomic E-state index is 11.5. The lowest BCUT2D eigenvalue weighted by Gasteiger charge is -2.16. The highest BCUT2D eigenvalue weighted by atomic mass is 16.5. The van der Waals surface area contributed by atoms with Crippen molar-refractivity contribution in [3.05, 3.63) is 0 Å². The van der Waals surface area contributed by atoms with Crippen molar-refractivity contribution in [3.63, 3.8) is 0 Å². The van der Waals surface area contributed by atoms with Crippen LogP contribution in [-0.4, -0.2) is 24.7 Å². The second-order valence-electron chi connectivity index (χ2n) is 3.68. The van der Waals surface area contributed by atoms with E-state index in [4.69, 9.17) is 4.74 Å². The maximum absolute atomic E-state index is 11.5. The van der Waals surface area contributed by atoms with Crippen molar-refractivity contribution in [1.29, 1.82) is 0 Å². The fraction of sp³-hybridized carbons (Fsp3) is 0.800. The van der Waals surface area contributed by atoms with Gasteiger partial charge in [0.2, 0.25) is 0 Å². The van der Waals surface area contributed by atoms with Gasteiger partial charge in [-0.25, -0.2) is 9.59 Å². The van der Waals surface area contributed by atoms with E-state index in [2.05, 4.69) is 10.5 Å². The van der Waals surface area contributed by atoms with E-state index >= 15 is 0 Å². The Morgan fingerprint density at radius 2 is 2.20 bits per heavy atom. The summed E-state index contributed by atoms with van der Waals surface area (Å²) in [6.07, 6.45) is 2.69. The largest absolute Gasteiger partial charge is 0.464 e. The normalized spacial score (nSPS) is 11.7. The molecule has 0 radical (unpaired) electrons. The number of nitrogens with one attached hydrogen (secondary N) is 1. The highest BCUT2D eigenvalue weighted by molar-refractivity contribution is 5.75. The summed E-state index contributed by atoms with van der Waals surface area (Å²) in [5.74, 6) is -0.0527. The molecule has 86 valence electrons. The monoisotopic (exact) mass is 214 g/mol. The first kappa shape index (κ1) is 13.7. The van der Waals surface area contributed by atoms with Crippen molar-refractivity contribution >= 4 is 12.0 Å². The van der Waals surface area contributed by atoms with Crippen molar-refractivity contribution in [2.75, 3.05) is 6.61 Å². The molecule has 0 bridgehead atoms. The van der Waals surface area contributed by atoms with Gasteiger partial charge in [-0.1, -0.05) is 25.9 Å². The Morgan fingerprint density at radius 3 is 2.67 bits per heavy atom. The summed E-state index contributed by atoms with van der Waals surface area (Å²) in [7, 11) is 0. The van der Waals surface area contributed by atoms with Crippen molar-refractivity contribution < 1.29 is 14.3 Å². The van der Waals surface area contributed by atoms with Crippen molar-refractivity contribution in [3.8, 4) is 0 Å². The number of hydrogen-bond donors (Lipinski definition) is 1. The average Bonchev–Trinajstić information content (AvgIpc) is 2.20. The zero-order valence-corrected chi connectivity index (χ0v) is 9.45. The summed E-state index contributed by atoms with van der Waals surface area (Å²) in [5, 5.41) is 3.20. The lowest BCUT2D eigenvalue weighted by molar-refractivity contribution is -0.146. The van der Waals surface area contributed by atoms with Gasteiger partial charge in [0.1, 0.15) is 6.04 Å². The van der Waals surface area contributed by atoms with E-state index in [1.807, 2.05) is 20.8 Å². The summed E-state index contributed by atoms with van der Waals surface area (Å²) in [6.45, 7) is 6.26. The summed E-state index contributed by atoms with van der Waals surface area (Å²) in [4.78, 5) is 21.4. The van der Waals surface area contributed by atoms with Crippen molar-refractivity contribution in [2.45, 2.75) is 39.7 Å². The number of isocyanates is 1. The molecule has 0 rings (SSSR count). The number of nitrogens with zero attached hydrogens (tertiary/aromatic N) is 1. The molecule has 5 heteroatoms. The van der Waals surface area contributed by atoms with Gasteiger partial charge in [-0.15, -0.1) is 0 Å². The van der Waals surface area contributed by atoms with Gasteiger partial charge in [0.25, 0.3) is 6.08 Å². The first-order valence-corrected chi connectivity index (χ1v) is 5.10. The average molecular weight is 214 g/mol. The SMILES string of the molecule is CCCOC(=O)[C@H](CC(C)C)NN=C=O. The van der Waals surface area contributed by atoms with Crippen LogP contribution < -0.4 is 5.43 Å². The third-order valence-electron chi connectivity index (χ3n) is 1.71. The molecule has 0 saturated carbocycles. The van der Waals surface area contributed by atoms with Gasteiger partial charge >= 0.3 is 5.97 Å². The fourth-order valence-electron chi connectivity index (χ4n) is 1.08. The summed E-state index contributed by atoms with van der Waals surface area (Å²) < 4.78 is 4.96. The van der Waals surface area contributed by atoms with Gasteiger partial charge in [0.15, 0.2) is 0 Å². The van der Waals surface area contributed by atoms with Gasteiger partial charge in [-0.3, -0.25) is 5.43 Å². The van der Waals surface area contributed by atoms with E-state index in [1.54, 1.807) is 0 Å². The number of carbonyl (C=O) groups is 1. The molecule has 0 aliphatic heterocycles. The standard InChI is InChI=1S/C10H18N2O3/c1-4-5-15-10(14)9(6-8(2)3)12-11-7-13/h8-9,12H,4-6H2,1-3H3/t9-/m0/s1. The zero-order chi connectivity index (χ0) is 11.7. The lowest BCUT2D eigenvalue weighted by Crippen LogP contribution is -2.36. The smallest absolute Gasteiger partial charge is 0.330 e. The Hall–Kier alpha value is -1.35. The van der Waals surface area contributed by atoms with E-state index in [0.29, 0.717) is 18.9 Å². The molecule has 0 aromatic heterocycles. The molecule has 0 saturated heterocycles. The second kappa shape index (κ2) is 8.00. The van der Waals surface area contributed by atoms with Crippen LogP contribution in [0, 0.1) is 5.92 Å². The molecule has 0 aliphatic carbocycles. The van der Waals surface area contributed by atoms with Crippen LogP contribution in [0.15, 0.2) is 5.10 Å². The molecule has 0 spiro atoms. The predicted octanol–water partition coefficient (Wildman–Crippen LogP) is 1.19. The quantitative estimate of drug-likeness (QED) is 0.299. The van der Waals surface area contributed by atoms with Gasteiger partial charge in [-0.05, 0) is 18.8 Å². The highest BCUT2D eigenvalue weighted by Gasteiger charge is 2.20. The van der Waals surface area contributed by atoms with Crippen LogP contribution in [0.3, 0.4) is 0 Å². The molecule has 5 nitrogen and oxygen atoms in total. The Balaban J connectivity index is 4.19. The van der Waals surface area contributed by atoms with E-state index < -0.39 is 6.04 Å². The Morgan fingerprint density at radius 1 is 1.53 bits per heavy atom. The fourth-order valence-corrected chi connectivity index (χ4v) is 1.08. The van der Waals surface area contributed by atoms with Crippen LogP contribution in [0.2, 0.25) is 0 Å². The van der Waals surface area contributed by atoms with Crippen molar-refractivity contribution in [2.24, 2.45) is 11.0 Å². The van der Waals surface area contributed by atoms with Gasteiger partial charge in [0, 0.05) is 0 Å². The first-order chi connectivity index (χ1) is 7.11. The second-order valence-corrected chi connectivity index (χ2v) is 3.68. The van der Waals surface area contributed by atoms with Gasteiger partial charge < -0.3 is 4.74 Å². The van der Waals surface area contributed by atoms with Crippen LogP contribution in [-0.2, 0) is 14.3 Å². The molecule has 1 atom stereocenters. The van der Waals surface area contributed by atoms with Crippen LogP contribution >= 0.6 is 0 Å². The molecule has 0 unspecified atom stereocenters. The van der Waals surface area contributed by atoms with E-state index in [1.165, 1.54) is 6.08 Å². The Bertz CT molecular complexity index is 235. The number of hydrazone groups is 1. The minimum absolute atomic E-state index is 0.318. The number of esters is 1. The molecule has 0 amide bonds. The highest BCUT2D eigenvalue weighted by Crippen LogP contribution is 2.06. The van der Waals surface area contributed by atoms with Crippen LogP contribution in [0.4, 0.5) is 0 Å². The van der Waals surface area contributed by atoms with Gasteiger partial charge in [-0.2, -0.15) is 0 Å². The van der Waals surface area contributed by atoms with Crippen LogP contribution in [0.5, 0.6) is 0 Å². The van der Waals surface area contributed by atoms with E-state index in [-0.39, 0.29) is 5.97 Å². The number of carbonyl (C=O) groups excluding carboxylic acids is 2. The summed E-state index contributed by atoms with van der Waals surface area (Å²) in [6, 6.07) is -0.557. The minimum Gasteiger partial charge on any atom is -0.464 e. The molecule has 15 heavy (non-hydrogen) atoms. The topological polar surface area (TPSA) is 67.8 Å².